The van der Waals surface area contributed by atoms with Gasteiger partial charge in [0.15, 0.2) is 0 Å². The normalized spacial score (nSPS) is 12.3. The Morgan fingerprint density at radius 2 is 1.21 bits per heavy atom. The summed E-state index contributed by atoms with van der Waals surface area (Å²) in [7, 11) is 0. The third kappa shape index (κ3) is 5.10. The molecule has 0 heterocycles. The van der Waals surface area contributed by atoms with E-state index in [1.165, 1.54) is 6.07 Å². The van der Waals surface area contributed by atoms with Crippen LogP contribution < -0.4 is 0 Å². The molecule has 0 saturated heterocycles. The Morgan fingerprint density at radius 1 is 0.690 bits per heavy atom. The van der Waals surface area contributed by atoms with Gasteiger partial charge in [-0.15, -0.1) is 0 Å². The standard InChI is InChI=1S/C19H14N6O4/c26-24(27)16-11-12-17(18(13-16)25(28)29)19(22-20-14-7-3-1-4-8-14)23-21-15-9-5-2-6-10-15/h1-13,19H. The first kappa shape index (κ1) is 19.4. The highest BCUT2D eigenvalue weighted by Gasteiger charge is 2.25. The second-order valence-electron chi connectivity index (χ2n) is 5.73. The van der Waals surface area contributed by atoms with Gasteiger partial charge in [-0.1, -0.05) is 36.4 Å². The fourth-order valence-corrected chi connectivity index (χ4v) is 2.40. The average molecular weight is 390 g/mol. The topological polar surface area (TPSA) is 136 Å². The van der Waals surface area contributed by atoms with Crippen molar-refractivity contribution < 1.29 is 9.85 Å². The zero-order chi connectivity index (χ0) is 20.6. The predicted molar refractivity (Wildman–Crippen MR) is 104 cm³/mol. The third-order valence-corrected chi connectivity index (χ3v) is 3.78. The summed E-state index contributed by atoms with van der Waals surface area (Å²) >= 11 is 0. The lowest BCUT2D eigenvalue weighted by molar-refractivity contribution is -0.394. The van der Waals surface area contributed by atoms with Gasteiger partial charge in [0, 0.05) is 6.07 Å². The molecule has 0 radical (unpaired) electrons. The Morgan fingerprint density at radius 3 is 1.66 bits per heavy atom. The molecule has 3 rings (SSSR count). The quantitative estimate of drug-likeness (QED) is 0.275. The van der Waals surface area contributed by atoms with Crippen molar-refractivity contribution in [3.8, 4) is 0 Å². The Bertz CT molecular complexity index is 1020. The number of benzene rings is 3. The fourth-order valence-electron chi connectivity index (χ4n) is 2.40. The van der Waals surface area contributed by atoms with Gasteiger partial charge in [-0.2, -0.15) is 20.5 Å². The number of nitro benzene ring substituents is 2. The summed E-state index contributed by atoms with van der Waals surface area (Å²) < 4.78 is 0. The number of azo groups is 2. The van der Waals surface area contributed by atoms with E-state index in [9.17, 15) is 20.2 Å². The highest BCUT2D eigenvalue weighted by molar-refractivity contribution is 5.50. The molecule has 0 spiro atoms. The first-order valence-corrected chi connectivity index (χ1v) is 8.39. The van der Waals surface area contributed by atoms with Crippen molar-refractivity contribution in [1.82, 2.24) is 0 Å². The molecule has 10 heteroatoms. The van der Waals surface area contributed by atoms with E-state index in [2.05, 4.69) is 20.5 Å². The summed E-state index contributed by atoms with van der Waals surface area (Å²) in [5.41, 5.74) is 0.205. The van der Waals surface area contributed by atoms with Crippen LogP contribution in [0.1, 0.15) is 11.7 Å². The molecule has 0 aliphatic rings. The van der Waals surface area contributed by atoms with Crippen LogP contribution >= 0.6 is 0 Å². The van der Waals surface area contributed by atoms with Crippen molar-refractivity contribution in [3.05, 3.63) is 105 Å². The fraction of sp³-hybridized carbons (Fsp3) is 0.0526. The minimum Gasteiger partial charge on any atom is -0.258 e. The second kappa shape index (κ2) is 9.04. The smallest absolute Gasteiger partial charge is 0.258 e. The van der Waals surface area contributed by atoms with Crippen LogP contribution in [0.15, 0.2) is 99.3 Å². The Labute approximate surface area is 164 Å². The van der Waals surface area contributed by atoms with Crippen molar-refractivity contribution in [3.63, 3.8) is 0 Å². The van der Waals surface area contributed by atoms with Crippen LogP contribution in [-0.2, 0) is 0 Å². The molecule has 3 aromatic rings. The Hall–Kier alpha value is -4.34. The molecule has 0 unspecified atom stereocenters. The molecule has 0 aliphatic heterocycles. The molecule has 0 aliphatic carbocycles. The zero-order valence-corrected chi connectivity index (χ0v) is 14.9. The third-order valence-electron chi connectivity index (χ3n) is 3.78. The maximum atomic E-state index is 11.5. The minimum atomic E-state index is -1.16. The summed E-state index contributed by atoms with van der Waals surface area (Å²) in [5.74, 6) is 0. The van der Waals surface area contributed by atoms with E-state index in [1.807, 2.05) is 12.1 Å². The van der Waals surface area contributed by atoms with Crippen molar-refractivity contribution in [2.45, 2.75) is 6.17 Å². The van der Waals surface area contributed by atoms with Gasteiger partial charge < -0.3 is 0 Å². The highest BCUT2D eigenvalue weighted by Crippen LogP contribution is 2.34. The molecule has 0 N–H and O–H groups in total. The van der Waals surface area contributed by atoms with Gasteiger partial charge in [0.2, 0.25) is 6.17 Å². The molecule has 0 fully saturated rings. The zero-order valence-electron chi connectivity index (χ0n) is 14.9. The Kier molecular flexibility index (Phi) is 6.05. The van der Waals surface area contributed by atoms with Gasteiger partial charge in [-0.05, 0) is 30.3 Å². The Balaban J connectivity index is 2.04. The van der Waals surface area contributed by atoms with Crippen molar-refractivity contribution in [2.24, 2.45) is 20.5 Å². The number of hydrogen-bond donors (Lipinski definition) is 0. The van der Waals surface area contributed by atoms with Gasteiger partial charge in [-0.25, -0.2) is 0 Å². The van der Waals surface area contributed by atoms with E-state index in [0.29, 0.717) is 11.4 Å². The van der Waals surface area contributed by atoms with Gasteiger partial charge in [0.05, 0.1) is 32.9 Å². The minimum absolute atomic E-state index is 0.0416. The number of hydrogen-bond acceptors (Lipinski definition) is 8. The van der Waals surface area contributed by atoms with Crippen LogP contribution in [0.3, 0.4) is 0 Å². The van der Waals surface area contributed by atoms with Gasteiger partial charge in [0.25, 0.3) is 11.4 Å². The van der Waals surface area contributed by atoms with Crippen LogP contribution in [0.2, 0.25) is 0 Å². The summed E-state index contributed by atoms with van der Waals surface area (Å²) in [6.45, 7) is 0. The molecular formula is C19H14N6O4. The van der Waals surface area contributed by atoms with Crippen molar-refractivity contribution in [1.29, 1.82) is 0 Å². The summed E-state index contributed by atoms with van der Waals surface area (Å²) in [6.07, 6.45) is -1.16. The molecule has 0 bridgehead atoms. The molecular weight excluding hydrogens is 376 g/mol. The molecule has 0 atom stereocenters. The van der Waals surface area contributed by atoms with Gasteiger partial charge in [-0.3, -0.25) is 20.2 Å². The second-order valence-corrected chi connectivity index (χ2v) is 5.73. The van der Waals surface area contributed by atoms with E-state index in [4.69, 9.17) is 0 Å². The van der Waals surface area contributed by atoms with Crippen LogP contribution in [0.5, 0.6) is 0 Å². The van der Waals surface area contributed by atoms with Crippen molar-refractivity contribution in [2.75, 3.05) is 0 Å². The maximum absolute atomic E-state index is 11.5. The van der Waals surface area contributed by atoms with E-state index >= 15 is 0 Å². The first-order valence-electron chi connectivity index (χ1n) is 8.39. The molecule has 144 valence electrons. The number of nitro groups is 2. The van der Waals surface area contributed by atoms with Crippen LogP contribution in [-0.4, -0.2) is 9.85 Å². The lowest BCUT2D eigenvalue weighted by Gasteiger charge is -2.07. The summed E-state index contributed by atoms with van der Waals surface area (Å²) in [5, 5.41) is 38.8. The van der Waals surface area contributed by atoms with Crippen LogP contribution in [0, 0.1) is 20.2 Å². The summed E-state index contributed by atoms with van der Waals surface area (Å²) in [4.78, 5) is 21.0. The van der Waals surface area contributed by atoms with Crippen LogP contribution in [0.4, 0.5) is 22.7 Å². The monoisotopic (exact) mass is 390 g/mol. The largest absolute Gasteiger partial charge is 0.283 e. The van der Waals surface area contributed by atoms with E-state index < -0.39 is 27.4 Å². The van der Waals surface area contributed by atoms with E-state index in [-0.39, 0.29) is 5.56 Å². The molecule has 10 nitrogen and oxygen atoms in total. The maximum Gasteiger partial charge on any atom is 0.283 e. The number of non-ortho nitro benzene ring substituents is 1. The van der Waals surface area contributed by atoms with Gasteiger partial charge in [0.1, 0.15) is 0 Å². The number of nitrogens with zero attached hydrogens (tertiary/aromatic N) is 6. The lowest BCUT2D eigenvalue weighted by Crippen LogP contribution is -2.00. The first-order chi connectivity index (χ1) is 14.0. The lowest BCUT2D eigenvalue weighted by atomic mass is 10.1. The molecule has 29 heavy (non-hydrogen) atoms. The van der Waals surface area contributed by atoms with E-state index in [1.54, 1.807) is 48.5 Å². The SMILES string of the molecule is O=[N+]([O-])c1ccc(C(N=Nc2ccccc2)N=Nc2ccccc2)c([N+](=O)[O-])c1. The highest BCUT2D eigenvalue weighted by atomic mass is 16.6. The van der Waals surface area contributed by atoms with E-state index in [0.717, 1.165) is 12.1 Å². The average Bonchev–Trinajstić information content (AvgIpc) is 2.75. The predicted octanol–water partition coefficient (Wildman–Crippen LogP) is 6.07. The molecule has 0 aromatic heterocycles. The molecule has 0 saturated carbocycles. The van der Waals surface area contributed by atoms with Gasteiger partial charge >= 0.3 is 0 Å². The van der Waals surface area contributed by atoms with Crippen LogP contribution in [0.25, 0.3) is 0 Å². The summed E-state index contributed by atoms with van der Waals surface area (Å²) in [6, 6.07) is 20.8. The number of rotatable bonds is 7. The molecule has 0 amide bonds. The molecule has 3 aromatic carbocycles. The van der Waals surface area contributed by atoms with Crippen molar-refractivity contribution >= 4 is 22.7 Å².